The van der Waals surface area contributed by atoms with E-state index in [2.05, 4.69) is 22.0 Å². The molecule has 0 unspecified atom stereocenters. The van der Waals surface area contributed by atoms with Gasteiger partial charge in [-0.05, 0) is 0 Å². The lowest BCUT2D eigenvalue weighted by molar-refractivity contribution is -0.150. The van der Waals surface area contributed by atoms with Gasteiger partial charge in [0.05, 0.1) is 0 Å². The summed E-state index contributed by atoms with van der Waals surface area (Å²) in [7, 11) is 0. The highest BCUT2D eigenvalue weighted by Crippen LogP contribution is 2.43. The van der Waals surface area contributed by atoms with Crippen molar-refractivity contribution >= 4 is 63.5 Å². The molecular weight excluding hydrogens is 426 g/mol. The molecule has 1 aromatic rings. The third-order valence-electron chi connectivity index (χ3n) is 3.88. The standard InChI is InChI=1S/C15H15N5O5S3/c1-2-3-26-7-5-27-13-9(12(22)20(13)10(7)14(23)24)18-11(21)8(19-25)6-4-28-15(16)17-6/h2,4,9,13,25H,1,3,5H2,(H2,16,17)(H,18,21)(H,23,24)/b19-8-/t9-,13+/m1/s1. The smallest absolute Gasteiger partial charge is 0.353 e. The van der Waals surface area contributed by atoms with E-state index >= 15 is 0 Å². The van der Waals surface area contributed by atoms with E-state index in [0.717, 1.165) is 11.3 Å². The number of thioether (sulfide) groups is 2. The number of anilines is 1. The summed E-state index contributed by atoms with van der Waals surface area (Å²) in [6, 6.07) is -0.939. The van der Waals surface area contributed by atoms with Gasteiger partial charge in [0.15, 0.2) is 10.8 Å². The average molecular weight is 442 g/mol. The molecule has 0 radical (unpaired) electrons. The molecule has 10 nitrogen and oxygen atoms in total. The van der Waals surface area contributed by atoms with Crippen molar-refractivity contribution in [2.24, 2.45) is 5.16 Å². The van der Waals surface area contributed by atoms with E-state index in [0.29, 0.717) is 16.4 Å². The highest BCUT2D eigenvalue weighted by Gasteiger charge is 2.54. The van der Waals surface area contributed by atoms with Crippen LogP contribution in [0.15, 0.2) is 33.8 Å². The number of nitrogen functional groups attached to an aromatic ring is 1. The molecule has 2 aliphatic rings. The molecule has 13 heteroatoms. The fraction of sp³-hybridized carbons (Fsp3) is 0.267. The summed E-state index contributed by atoms with van der Waals surface area (Å²) >= 11 is 3.72. The Hall–Kier alpha value is -2.51. The normalized spacial score (nSPS) is 21.8. The predicted octanol–water partition coefficient (Wildman–Crippen LogP) is 0.519. The van der Waals surface area contributed by atoms with Gasteiger partial charge in [-0.1, -0.05) is 11.2 Å². The third-order valence-corrected chi connectivity index (χ3v) is 7.10. The number of thiazole rings is 1. The van der Waals surface area contributed by atoms with Crippen LogP contribution < -0.4 is 11.1 Å². The van der Waals surface area contributed by atoms with E-state index in [9.17, 15) is 19.5 Å². The number of fused-ring (bicyclic) bond motifs is 1. The van der Waals surface area contributed by atoms with Crippen molar-refractivity contribution in [1.29, 1.82) is 0 Å². The number of aromatic nitrogens is 1. The van der Waals surface area contributed by atoms with Crippen molar-refractivity contribution in [2.45, 2.75) is 11.4 Å². The van der Waals surface area contributed by atoms with Crippen LogP contribution in [0, 0.1) is 0 Å². The molecule has 0 bridgehead atoms. The lowest BCUT2D eigenvalue weighted by Gasteiger charge is -2.49. The highest BCUT2D eigenvalue weighted by atomic mass is 32.2. The first-order chi connectivity index (χ1) is 13.4. The molecule has 0 aliphatic carbocycles. The zero-order chi connectivity index (χ0) is 20.4. The van der Waals surface area contributed by atoms with Crippen molar-refractivity contribution in [2.75, 3.05) is 17.2 Å². The van der Waals surface area contributed by atoms with Crippen LogP contribution in [0.4, 0.5) is 5.13 Å². The van der Waals surface area contributed by atoms with Gasteiger partial charge in [0.2, 0.25) is 0 Å². The third kappa shape index (κ3) is 3.59. The summed E-state index contributed by atoms with van der Waals surface area (Å²) in [5.41, 5.74) is 5.14. The van der Waals surface area contributed by atoms with Crippen LogP contribution in [0.1, 0.15) is 5.69 Å². The second-order valence-electron chi connectivity index (χ2n) is 5.56. The first kappa shape index (κ1) is 20.2. The largest absolute Gasteiger partial charge is 0.477 e. The van der Waals surface area contributed by atoms with Gasteiger partial charge < -0.3 is 21.4 Å². The van der Waals surface area contributed by atoms with Crippen LogP contribution in [-0.2, 0) is 14.4 Å². The predicted molar refractivity (Wildman–Crippen MR) is 107 cm³/mol. The molecule has 1 saturated heterocycles. The second-order valence-corrected chi connectivity index (χ2v) is 8.67. The molecule has 1 fully saturated rings. The quantitative estimate of drug-likeness (QED) is 0.156. The summed E-state index contributed by atoms with van der Waals surface area (Å²) in [4.78, 5) is 42.3. The molecule has 0 spiro atoms. The fourth-order valence-electron chi connectivity index (χ4n) is 2.68. The number of nitrogens with two attached hydrogens (primary N) is 1. The Kier molecular flexibility index (Phi) is 5.96. The van der Waals surface area contributed by atoms with Gasteiger partial charge in [-0.2, -0.15) is 0 Å². The Labute approximate surface area is 171 Å². The number of β-lactam (4-membered cyclic amide) rings is 1. The first-order valence-electron chi connectivity index (χ1n) is 7.78. The second kappa shape index (κ2) is 8.24. The minimum absolute atomic E-state index is 0.0746. The van der Waals surface area contributed by atoms with Crippen molar-refractivity contribution in [3.63, 3.8) is 0 Å². The number of nitrogens with zero attached hydrogens (tertiary/aromatic N) is 3. The number of hydrogen-bond acceptors (Lipinski definition) is 10. The van der Waals surface area contributed by atoms with Crippen LogP contribution in [0.2, 0.25) is 0 Å². The lowest BCUT2D eigenvalue weighted by Crippen LogP contribution is -2.71. The Bertz CT molecular complexity index is 912. The Morgan fingerprint density at radius 1 is 1.57 bits per heavy atom. The molecule has 3 heterocycles. The number of carbonyl (C=O) groups excluding carboxylic acids is 2. The maximum atomic E-state index is 12.6. The molecule has 148 valence electrons. The fourth-order valence-corrected chi connectivity index (χ4v) is 5.60. The molecule has 0 aromatic carbocycles. The van der Waals surface area contributed by atoms with Crippen LogP contribution in [0.25, 0.3) is 0 Å². The van der Waals surface area contributed by atoms with Gasteiger partial charge in [0, 0.05) is 21.8 Å². The molecule has 3 rings (SSSR count). The number of carbonyl (C=O) groups is 3. The van der Waals surface area contributed by atoms with Crippen LogP contribution in [0.5, 0.6) is 0 Å². The van der Waals surface area contributed by atoms with Crippen LogP contribution in [-0.4, -0.2) is 66.6 Å². The van der Waals surface area contributed by atoms with Gasteiger partial charge >= 0.3 is 5.97 Å². The first-order valence-corrected chi connectivity index (χ1v) is 10.7. The molecule has 5 N–H and O–H groups in total. The Morgan fingerprint density at radius 3 is 2.89 bits per heavy atom. The van der Waals surface area contributed by atoms with Crippen molar-refractivity contribution < 1.29 is 24.7 Å². The summed E-state index contributed by atoms with van der Waals surface area (Å²) in [6.07, 6.45) is 1.65. The van der Waals surface area contributed by atoms with E-state index in [1.54, 1.807) is 6.08 Å². The van der Waals surface area contributed by atoms with Crippen LogP contribution in [0.3, 0.4) is 0 Å². The van der Waals surface area contributed by atoms with Gasteiger partial charge in [0.25, 0.3) is 11.8 Å². The zero-order valence-electron chi connectivity index (χ0n) is 14.2. The van der Waals surface area contributed by atoms with Crippen LogP contribution >= 0.6 is 34.9 Å². The SMILES string of the molecule is C=CCSC1=C(C(=O)O)N2C(=O)[C@@H](NC(=O)/C(=N\O)c3csc(N)n3)[C@@H]2SC1. The average Bonchev–Trinajstić information content (AvgIpc) is 3.09. The van der Waals surface area contributed by atoms with Crippen molar-refractivity contribution in [3.8, 4) is 0 Å². The number of carboxylic acid groups (broad SMARTS) is 1. The van der Waals surface area contributed by atoms with E-state index in [-0.39, 0.29) is 22.2 Å². The van der Waals surface area contributed by atoms with Crippen molar-refractivity contribution in [1.82, 2.24) is 15.2 Å². The van der Waals surface area contributed by atoms with E-state index in [1.807, 2.05) is 0 Å². The Balaban J connectivity index is 1.76. The summed E-state index contributed by atoms with van der Waals surface area (Å²) in [6.45, 7) is 3.60. The van der Waals surface area contributed by atoms with Gasteiger partial charge in [-0.3, -0.25) is 14.5 Å². The van der Waals surface area contributed by atoms with Gasteiger partial charge in [0.1, 0.15) is 22.8 Å². The number of hydrogen-bond donors (Lipinski definition) is 4. The van der Waals surface area contributed by atoms with Gasteiger partial charge in [-0.25, -0.2) is 9.78 Å². The molecule has 2 atom stereocenters. The van der Waals surface area contributed by atoms with E-state index in [4.69, 9.17) is 10.9 Å². The minimum Gasteiger partial charge on any atom is -0.477 e. The number of carboxylic acids is 1. The lowest BCUT2D eigenvalue weighted by atomic mass is 10.0. The van der Waals surface area contributed by atoms with Crippen molar-refractivity contribution in [3.05, 3.63) is 34.3 Å². The summed E-state index contributed by atoms with van der Waals surface area (Å²) < 4.78 is 0. The van der Waals surface area contributed by atoms with Gasteiger partial charge in [-0.15, -0.1) is 41.4 Å². The number of rotatable bonds is 7. The Morgan fingerprint density at radius 2 is 2.32 bits per heavy atom. The zero-order valence-corrected chi connectivity index (χ0v) is 16.6. The molecule has 0 saturated carbocycles. The number of oxime groups is 1. The number of nitrogens with one attached hydrogen (secondary N) is 1. The molecule has 2 aliphatic heterocycles. The topological polar surface area (TPSA) is 158 Å². The maximum absolute atomic E-state index is 12.6. The van der Waals surface area contributed by atoms with E-state index < -0.39 is 29.2 Å². The highest BCUT2D eigenvalue weighted by molar-refractivity contribution is 8.06. The van der Waals surface area contributed by atoms with E-state index in [1.165, 1.54) is 33.8 Å². The molecule has 1 aromatic heterocycles. The maximum Gasteiger partial charge on any atom is 0.353 e. The number of aliphatic carboxylic acids is 1. The molecular formula is C15H15N5O5S3. The monoisotopic (exact) mass is 441 g/mol. The summed E-state index contributed by atoms with van der Waals surface area (Å²) in [5, 5.41) is 25.2. The molecule has 2 amide bonds. The minimum atomic E-state index is -1.20. The summed E-state index contributed by atoms with van der Waals surface area (Å²) in [5.74, 6) is -1.64. The molecule has 28 heavy (non-hydrogen) atoms. The number of amides is 2.